The predicted molar refractivity (Wildman–Crippen MR) is 64.5 cm³/mol. The van der Waals surface area contributed by atoms with Crippen LogP contribution in [0.15, 0.2) is 28.7 Å². The number of hydrogen-bond acceptors (Lipinski definition) is 2. The van der Waals surface area contributed by atoms with Crippen molar-refractivity contribution >= 4 is 27.5 Å². The number of allylic oxidation sites excluding steroid dienone is 1. The number of rotatable bonds is 2. The molecule has 0 N–H and O–H groups in total. The van der Waals surface area contributed by atoms with Crippen LogP contribution < -0.4 is 0 Å². The Morgan fingerprint density at radius 2 is 2.13 bits per heavy atom. The van der Waals surface area contributed by atoms with E-state index in [4.69, 9.17) is 4.74 Å². The summed E-state index contributed by atoms with van der Waals surface area (Å²) in [5.41, 5.74) is 2.55. The molecule has 0 spiro atoms. The van der Waals surface area contributed by atoms with Gasteiger partial charge in [-0.25, -0.2) is 4.79 Å². The first kappa shape index (κ1) is 12.0. The van der Waals surface area contributed by atoms with Crippen LogP contribution in [-0.2, 0) is 9.53 Å². The van der Waals surface area contributed by atoms with Gasteiger partial charge in [-0.1, -0.05) is 28.1 Å². The van der Waals surface area contributed by atoms with E-state index in [1.807, 2.05) is 32.0 Å². The Balaban J connectivity index is 3.24. The second-order valence-electron chi connectivity index (χ2n) is 3.15. The van der Waals surface area contributed by atoms with Gasteiger partial charge in [0.15, 0.2) is 0 Å². The number of carbonyl (C=O) groups excluding carboxylic acids is 1. The third kappa shape index (κ3) is 2.69. The summed E-state index contributed by atoms with van der Waals surface area (Å²) in [5.74, 6) is -0.307. The first-order chi connectivity index (χ1) is 7.10. The molecule has 1 aromatic rings. The molecule has 1 rings (SSSR count). The molecule has 0 aromatic heterocycles. The molecule has 15 heavy (non-hydrogen) atoms. The second kappa shape index (κ2) is 5.12. The van der Waals surface area contributed by atoms with E-state index in [2.05, 4.69) is 15.9 Å². The summed E-state index contributed by atoms with van der Waals surface area (Å²) in [6.45, 7) is 3.79. The molecule has 0 heterocycles. The van der Waals surface area contributed by atoms with Crippen LogP contribution in [-0.4, -0.2) is 13.1 Å². The minimum Gasteiger partial charge on any atom is -0.465 e. The van der Waals surface area contributed by atoms with Crippen LogP contribution in [0.3, 0.4) is 0 Å². The molecule has 0 unspecified atom stereocenters. The fourth-order valence-electron chi connectivity index (χ4n) is 1.38. The monoisotopic (exact) mass is 268 g/mol. The molecule has 0 saturated carbocycles. The maximum absolute atomic E-state index is 11.5. The molecule has 0 saturated heterocycles. The Morgan fingerprint density at radius 3 is 2.67 bits per heavy atom. The Kier molecular flexibility index (Phi) is 4.09. The number of aryl methyl sites for hydroxylation is 1. The average Bonchev–Trinajstić information content (AvgIpc) is 2.23. The van der Waals surface area contributed by atoms with Gasteiger partial charge in [0.25, 0.3) is 0 Å². The molecule has 3 heteroatoms. The lowest BCUT2D eigenvalue weighted by Gasteiger charge is -2.08. The first-order valence-corrected chi connectivity index (χ1v) is 5.40. The number of ether oxygens (including phenoxy) is 1. The summed E-state index contributed by atoms with van der Waals surface area (Å²) < 4.78 is 5.68. The molecule has 0 radical (unpaired) electrons. The van der Waals surface area contributed by atoms with E-state index in [1.165, 1.54) is 7.11 Å². The smallest absolute Gasteiger partial charge is 0.338 e. The average molecular weight is 269 g/mol. The maximum atomic E-state index is 11.5. The number of halogens is 1. The van der Waals surface area contributed by atoms with Crippen LogP contribution in [0.25, 0.3) is 5.57 Å². The minimum atomic E-state index is -0.307. The number of esters is 1. The largest absolute Gasteiger partial charge is 0.465 e. The highest BCUT2D eigenvalue weighted by molar-refractivity contribution is 9.10. The van der Waals surface area contributed by atoms with Gasteiger partial charge in [0.05, 0.1) is 12.7 Å². The van der Waals surface area contributed by atoms with Crippen molar-refractivity contribution in [3.05, 3.63) is 39.9 Å². The van der Waals surface area contributed by atoms with E-state index < -0.39 is 0 Å². The summed E-state index contributed by atoms with van der Waals surface area (Å²) >= 11 is 3.39. The lowest BCUT2D eigenvalue weighted by Crippen LogP contribution is -2.05. The van der Waals surface area contributed by atoms with Gasteiger partial charge in [0.1, 0.15) is 0 Å². The van der Waals surface area contributed by atoms with Crippen LogP contribution >= 0.6 is 15.9 Å². The lowest BCUT2D eigenvalue weighted by atomic mass is 10.0. The number of carbonyl (C=O) groups is 1. The van der Waals surface area contributed by atoms with Crippen LogP contribution in [0.1, 0.15) is 18.1 Å². The van der Waals surface area contributed by atoms with Crippen LogP contribution in [0, 0.1) is 6.92 Å². The lowest BCUT2D eigenvalue weighted by molar-refractivity contribution is -0.133. The van der Waals surface area contributed by atoms with Crippen molar-refractivity contribution < 1.29 is 9.53 Å². The van der Waals surface area contributed by atoms with E-state index >= 15 is 0 Å². The molecular weight excluding hydrogens is 256 g/mol. The summed E-state index contributed by atoms with van der Waals surface area (Å²) in [7, 11) is 1.39. The van der Waals surface area contributed by atoms with E-state index in [0.717, 1.165) is 15.6 Å². The molecule has 80 valence electrons. The van der Waals surface area contributed by atoms with Gasteiger partial charge >= 0.3 is 5.97 Å². The van der Waals surface area contributed by atoms with E-state index in [-0.39, 0.29) is 5.97 Å². The van der Waals surface area contributed by atoms with Crippen molar-refractivity contribution in [2.75, 3.05) is 7.11 Å². The van der Waals surface area contributed by atoms with Crippen LogP contribution in [0.4, 0.5) is 0 Å². The zero-order valence-electron chi connectivity index (χ0n) is 9.00. The Labute approximate surface area is 98.1 Å². The minimum absolute atomic E-state index is 0.307. The zero-order chi connectivity index (χ0) is 11.4. The Bertz CT molecular complexity index is 408. The van der Waals surface area contributed by atoms with Gasteiger partial charge in [-0.3, -0.25) is 0 Å². The van der Waals surface area contributed by atoms with Crippen molar-refractivity contribution in [3.8, 4) is 0 Å². The Hall–Kier alpha value is -1.09. The van der Waals surface area contributed by atoms with Gasteiger partial charge < -0.3 is 4.74 Å². The summed E-state index contributed by atoms with van der Waals surface area (Å²) in [6.07, 6.45) is 1.76. The van der Waals surface area contributed by atoms with Crippen LogP contribution in [0.2, 0.25) is 0 Å². The van der Waals surface area contributed by atoms with Gasteiger partial charge in [-0.2, -0.15) is 0 Å². The van der Waals surface area contributed by atoms with Gasteiger partial charge in [0.2, 0.25) is 0 Å². The summed E-state index contributed by atoms with van der Waals surface area (Å²) in [6, 6.07) is 5.83. The van der Waals surface area contributed by atoms with E-state index in [9.17, 15) is 4.79 Å². The molecule has 1 aromatic carbocycles. The number of benzene rings is 1. The van der Waals surface area contributed by atoms with E-state index in [0.29, 0.717) is 5.57 Å². The fraction of sp³-hybridized carbons (Fsp3) is 0.250. The third-order valence-corrected chi connectivity index (χ3v) is 2.68. The van der Waals surface area contributed by atoms with Gasteiger partial charge in [-0.15, -0.1) is 0 Å². The van der Waals surface area contributed by atoms with E-state index in [1.54, 1.807) is 6.08 Å². The van der Waals surface area contributed by atoms with Crippen molar-refractivity contribution in [1.29, 1.82) is 0 Å². The van der Waals surface area contributed by atoms with Crippen molar-refractivity contribution in [1.82, 2.24) is 0 Å². The molecule has 0 aliphatic rings. The highest BCUT2D eigenvalue weighted by Gasteiger charge is 2.13. The Morgan fingerprint density at radius 1 is 1.47 bits per heavy atom. The zero-order valence-corrected chi connectivity index (χ0v) is 10.6. The third-order valence-electron chi connectivity index (χ3n) is 2.18. The van der Waals surface area contributed by atoms with Crippen molar-refractivity contribution in [2.24, 2.45) is 0 Å². The second-order valence-corrected chi connectivity index (χ2v) is 4.07. The molecule has 2 nitrogen and oxygen atoms in total. The summed E-state index contributed by atoms with van der Waals surface area (Å²) in [4.78, 5) is 11.5. The molecule has 0 aliphatic carbocycles. The summed E-state index contributed by atoms with van der Waals surface area (Å²) in [5, 5.41) is 0. The van der Waals surface area contributed by atoms with Gasteiger partial charge in [-0.05, 0) is 37.1 Å². The molecular formula is C12H13BrO2. The molecule has 0 fully saturated rings. The standard InChI is InChI=1S/C12H13BrO2/c1-4-10(12(14)15-3)11-7-9(13)6-5-8(11)2/h4-7H,1-3H3/b10-4+. The molecule has 0 atom stereocenters. The molecule has 0 bridgehead atoms. The van der Waals surface area contributed by atoms with Gasteiger partial charge in [0, 0.05) is 4.47 Å². The quantitative estimate of drug-likeness (QED) is 0.608. The van der Waals surface area contributed by atoms with Crippen molar-refractivity contribution in [2.45, 2.75) is 13.8 Å². The fourth-order valence-corrected chi connectivity index (χ4v) is 1.74. The highest BCUT2D eigenvalue weighted by atomic mass is 79.9. The highest BCUT2D eigenvalue weighted by Crippen LogP contribution is 2.23. The van der Waals surface area contributed by atoms with Crippen molar-refractivity contribution in [3.63, 3.8) is 0 Å². The SMILES string of the molecule is C/C=C(/C(=O)OC)c1cc(Br)ccc1C. The normalized spacial score (nSPS) is 11.3. The molecule has 0 amide bonds. The first-order valence-electron chi connectivity index (χ1n) is 4.61. The van der Waals surface area contributed by atoms with Crippen LogP contribution in [0.5, 0.6) is 0 Å². The predicted octanol–water partition coefficient (Wildman–Crippen LogP) is 3.33. The maximum Gasteiger partial charge on any atom is 0.338 e. The number of methoxy groups -OCH3 is 1. The molecule has 0 aliphatic heterocycles. The number of hydrogen-bond donors (Lipinski definition) is 0. The topological polar surface area (TPSA) is 26.3 Å².